The van der Waals surface area contributed by atoms with Gasteiger partial charge >= 0.3 is 0 Å². The molecule has 0 aromatic heterocycles. The lowest BCUT2D eigenvalue weighted by Gasteiger charge is -2.37. The van der Waals surface area contributed by atoms with E-state index in [1.807, 2.05) is 0 Å². The third-order valence-corrected chi connectivity index (χ3v) is 6.48. The van der Waals surface area contributed by atoms with Crippen molar-refractivity contribution < 1.29 is 33.9 Å². The summed E-state index contributed by atoms with van der Waals surface area (Å²) < 4.78 is 30.0. The van der Waals surface area contributed by atoms with Gasteiger partial charge in [-0.25, -0.2) is 0 Å². The normalized spacial score (nSPS) is 44.4. The molecule has 7 nitrogen and oxygen atoms in total. The van der Waals surface area contributed by atoms with E-state index < -0.39 is 42.0 Å². The van der Waals surface area contributed by atoms with E-state index in [2.05, 4.69) is 0 Å². The second-order valence-corrected chi connectivity index (χ2v) is 8.27. The summed E-state index contributed by atoms with van der Waals surface area (Å²) >= 11 is 0. The Morgan fingerprint density at radius 3 is 1.96 bits per heavy atom. The summed E-state index contributed by atoms with van der Waals surface area (Å²) in [7, 11) is 0. The van der Waals surface area contributed by atoms with Crippen LogP contribution in [0.5, 0.6) is 0 Å². The van der Waals surface area contributed by atoms with Crippen molar-refractivity contribution >= 4 is 0 Å². The first-order valence-electron chi connectivity index (χ1n) is 9.80. The molecule has 142 valence electrons. The first-order chi connectivity index (χ1) is 12.0. The van der Waals surface area contributed by atoms with Crippen molar-refractivity contribution in [2.75, 3.05) is 6.61 Å². The van der Waals surface area contributed by atoms with Gasteiger partial charge in [-0.3, -0.25) is 0 Å². The fourth-order valence-electron chi connectivity index (χ4n) is 5.15. The average Bonchev–Trinajstić information content (AvgIpc) is 3.22. The van der Waals surface area contributed by atoms with Crippen LogP contribution < -0.4 is 0 Å². The molecule has 2 saturated carbocycles. The lowest BCUT2D eigenvalue weighted by molar-refractivity contribution is -0.311. The molecular formula is C18H28O7. The number of aliphatic hydroxyl groups is 2. The Kier molecular flexibility index (Phi) is 3.95. The molecule has 0 aromatic rings. The second-order valence-electron chi connectivity index (χ2n) is 8.27. The van der Waals surface area contributed by atoms with Gasteiger partial charge in [0.2, 0.25) is 5.79 Å². The van der Waals surface area contributed by atoms with Crippen LogP contribution in [0.4, 0.5) is 0 Å². The molecule has 0 bridgehead atoms. The summed E-state index contributed by atoms with van der Waals surface area (Å²) in [5, 5.41) is 21.6. The zero-order valence-electron chi connectivity index (χ0n) is 14.5. The van der Waals surface area contributed by atoms with Gasteiger partial charge in [0, 0.05) is 25.7 Å². The molecule has 0 radical (unpaired) electrons. The molecule has 25 heavy (non-hydrogen) atoms. The lowest BCUT2D eigenvalue weighted by atomic mass is 9.94. The quantitative estimate of drug-likeness (QED) is 0.689. The third kappa shape index (κ3) is 2.67. The van der Waals surface area contributed by atoms with Gasteiger partial charge in [0.15, 0.2) is 24.0 Å². The highest BCUT2D eigenvalue weighted by molar-refractivity contribution is 5.04. The number of ether oxygens (including phenoxy) is 5. The van der Waals surface area contributed by atoms with E-state index in [0.29, 0.717) is 6.61 Å². The highest BCUT2D eigenvalue weighted by Gasteiger charge is 2.67. The van der Waals surface area contributed by atoms with Crippen LogP contribution in [0, 0.1) is 0 Å². The van der Waals surface area contributed by atoms with E-state index in [1.54, 1.807) is 0 Å². The monoisotopic (exact) mass is 356 g/mol. The van der Waals surface area contributed by atoms with E-state index in [4.69, 9.17) is 23.7 Å². The van der Waals surface area contributed by atoms with Crippen LogP contribution in [0.2, 0.25) is 0 Å². The van der Waals surface area contributed by atoms with Crippen LogP contribution in [0.15, 0.2) is 0 Å². The maximum absolute atomic E-state index is 10.8. The molecule has 2 N–H and O–H groups in total. The molecule has 5 fully saturated rings. The van der Waals surface area contributed by atoms with Gasteiger partial charge in [-0.1, -0.05) is 12.8 Å². The van der Waals surface area contributed by atoms with Gasteiger partial charge in [0.1, 0.15) is 12.2 Å². The molecule has 3 heterocycles. The lowest BCUT2D eigenvalue weighted by Crippen LogP contribution is -2.54. The van der Waals surface area contributed by atoms with Crippen LogP contribution in [0.3, 0.4) is 0 Å². The minimum atomic E-state index is -2.14. The molecule has 3 saturated heterocycles. The summed E-state index contributed by atoms with van der Waals surface area (Å²) in [5.74, 6) is -3.43. The van der Waals surface area contributed by atoms with Crippen molar-refractivity contribution in [3.05, 3.63) is 0 Å². The van der Waals surface area contributed by atoms with Gasteiger partial charge in [-0.05, 0) is 25.7 Å². The van der Waals surface area contributed by atoms with Crippen LogP contribution in [0.1, 0.15) is 64.2 Å². The van der Waals surface area contributed by atoms with E-state index >= 15 is 0 Å². The zero-order chi connectivity index (χ0) is 17.1. The largest absolute Gasteiger partial charge is 0.361 e. The van der Waals surface area contributed by atoms with Gasteiger partial charge in [-0.15, -0.1) is 0 Å². The zero-order valence-corrected chi connectivity index (χ0v) is 14.5. The van der Waals surface area contributed by atoms with Crippen molar-refractivity contribution in [3.8, 4) is 0 Å². The van der Waals surface area contributed by atoms with Crippen molar-refractivity contribution in [1.82, 2.24) is 0 Å². The Bertz CT molecular complexity index is 510. The van der Waals surface area contributed by atoms with Crippen LogP contribution in [-0.4, -0.2) is 58.8 Å². The predicted molar refractivity (Wildman–Crippen MR) is 84.2 cm³/mol. The minimum absolute atomic E-state index is 0.304. The first kappa shape index (κ1) is 16.9. The van der Waals surface area contributed by atoms with Gasteiger partial charge in [0.25, 0.3) is 0 Å². The fraction of sp³-hybridized carbons (Fsp3) is 1.00. The average molecular weight is 356 g/mol. The summed E-state index contributed by atoms with van der Waals surface area (Å²) in [4.78, 5) is 0. The number of hydrogen-bond acceptors (Lipinski definition) is 7. The molecule has 7 heteroatoms. The van der Waals surface area contributed by atoms with E-state index in [-0.39, 0.29) is 0 Å². The van der Waals surface area contributed by atoms with Crippen molar-refractivity contribution in [2.45, 2.75) is 106 Å². The van der Waals surface area contributed by atoms with Crippen LogP contribution in [-0.2, 0) is 23.7 Å². The summed E-state index contributed by atoms with van der Waals surface area (Å²) in [6, 6.07) is 0. The Balaban J connectivity index is 1.29. The molecule has 0 aromatic carbocycles. The fourth-order valence-corrected chi connectivity index (χ4v) is 5.15. The third-order valence-electron chi connectivity index (χ3n) is 6.48. The maximum Gasteiger partial charge on any atom is 0.225 e. The second kappa shape index (κ2) is 5.86. The highest BCUT2D eigenvalue weighted by Crippen LogP contribution is 2.50. The Morgan fingerprint density at radius 2 is 1.32 bits per heavy atom. The van der Waals surface area contributed by atoms with Crippen molar-refractivity contribution in [1.29, 1.82) is 0 Å². The first-order valence-corrected chi connectivity index (χ1v) is 9.80. The summed E-state index contributed by atoms with van der Waals surface area (Å²) in [6.45, 7) is 0.304. The highest BCUT2D eigenvalue weighted by atomic mass is 16.9. The maximum atomic E-state index is 10.8. The van der Waals surface area contributed by atoms with Crippen molar-refractivity contribution in [3.63, 3.8) is 0 Å². The number of rotatable bonds is 1. The van der Waals surface area contributed by atoms with Gasteiger partial charge < -0.3 is 33.9 Å². The Morgan fingerprint density at radius 1 is 0.680 bits per heavy atom. The van der Waals surface area contributed by atoms with Crippen LogP contribution in [0.25, 0.3) is 0 Å². The van der Waals surface area contributed by atoms with E-state index in [9.17, 15) is 10.2 Å². The standard InChI is InChI=1S/C18H28O7/c19-18(20)13(12-11-21-16(23-12)7-3-1-4-8-16)22-15-14(18)24-17(25-15)9-5-2-6-10-17/h12-15,19-20H,1-11H2/t12-,13+,14+,15+/m1/s1. The smallest absolute Gasteiger partial charge is 0.225 e. The Hall–Kier alpha value is -0.280. The SMILES string of the molecule is OC1(O)[C@H]2OC3(CCCCC3)O[C@@H]2O[C@H]1[C@H]1COC2(CCCCC2)O1. The number of fused-ring (bicyclic) bond motifs is 1. The molecule has 2 spiro atoms. The molecular weight excluding hydrogens is 328 g/mol. The molecule has 2 aliphatic carbocycles. The molecule has 4 atom stereocenters. The predicted octanol–water partition coefficient (Wildman–Crippen LogP) is 1.54. The summed E-state index contributed by atoms with van der Waals surface area (Å²) in [6.07, 6.45) is 6.68. The molecule has 5 aliphatic rings. The van der Waals surface area contributed by atoms with Crippen LogP contribution >= 0.6 is 0 Å². The molecule has 5 rings (SSSR count). The van der Waals surface area contributed by atoms with E-state index in [1.165, 1.54) is 6.42 Å². The molecule has 3 aliphatic heterocycles. The van der Waals surface area contributed by atoms with Gasteiger partial charge in [0.05, 0.1) is 6.61 Å². The molecule has 0 amide bonds. The summed E-state index contributed by atoms with van der Waals surface area (Å²) in [5.41, 5.74) is 0. The Labute approximate surface area is 147 Å². The molecule has 0 unspecified atom stereocenters. The minimum Gasteiger partial charge on any atom is -0.361 e. The van der Waals surface area contributed by atoms with Crippen molar-refractivity contribution in [2.24, 2.45) is 0 Å². The van der Waals surface area contributed by atoms with Gasteiger partial charge in [-0.2, -0.15) is 0 Å². The topological polar surface area (TPSA) is 86.6 Å². The van der Waals surface area contributed by atoms with E-state index in [0.717, 1.165) is 57.8 Å². The number of hydrogen-bond donors (Lipinski definition) is 2.